The van der Waals surface area contributed by atoms with E-state index in [1.807, 2.05) is 4.90 Å². The lowest BCUT2D eigenvalue weighted by molar-refractivity contribution is -0.130. The van der Waals surface area contributed by atoms with Gasteiger partial charge >= 0.3 is 0 Å². The van der Waals surface area contributed by atoms with Gasteiger partial charge in [-0.05, 0) is 36.7 Å². The molecule has 1 aliphatic carbocycles. The third kappa shape index (κ3) is 2.99. The van der Waals surface area contributed by atoms with Crippen LogP contribution in [0.1, 0.15) is 46.0 Å². The molecule has 0 N–H and O–H groups in total. The van der Waals surface area contributed by atoms with Crippen molar-refractivity contribution < 1.29 is 4.79 Å². The Balaban J connectivity index is 1.84. The van der Waals surface area contributed by atoms with E-state index in [9.17, 15) is 4.79 Å². The van der Waals surface area contributed by atoms with E-state index < -0.39 is 0 Å². The minimum atomic E-state index is 0.141. The fourth-order valence-electron chi connectivity index (χ4n) is 2.65. The van der Waals surface area contributed by atoms with Gasteiger partial charge in [0.05, 0.1) is 0 Å². The zero-order valence-electron chi connectivity index (χ0n) is 11.0. The highest BCUT2D eigenvalue weighted by Crippen LogP contribution is 2.35. The van der Waals surface area contributed by atoms with Crippen LogP contribution < -0.4 is 0 Å². The lowest BCUT2D eigenvalue weighted by Crippen LogP contribution is -2.28. The van der Waals surface area contributed by atoms with E-state index in [2.05, 4.69) is 32.1 Å². The topological polar surface area (TPSA) is 20.3 Å². The molecule has 0 spiro atoms. The molecule has 1 amide bonds. The van der Waals surface area contributed by atoms with Crippen LogP contribution in [0.25, 0.3) is 0 Å². The molecular weight excluding hydrogens is 210 g/mol. The van der Waals surface area contributed by atoms with Gasteiger partial charge in [-0.2, -0.15) is 0 Å². The highest BCUT2D eigenvalue weighted by molar-refractivity contribution is 5.76. The first-order chi connectivity index (χ1) is 8.09. The van der Waals surface area contributed by atoms with E-state index in [0.717, 1.165) is 25.9 Å². The Hall–Kier alpha value is -1.05. The summed E-state index contributed by atoms with van der Waals surface area (Å²) >= 11 is 0. The van der Waals surface area contributed by atoms with Crippen LogP contribution in [0.5, 0.6) is 0 Å². The smallest absolute Gasteiger partial charge is 0.222 e. The van der Waals surface area contributed by atoms with E-state index in [1.54, 1.807) is 0 Å². The molecule has 1 aliphatic heterocycles. The van der Waals surface area contributed by atoms with E-state index in [1.165, 1.54) is 18.4 Å². The van der Waals surface area contributed by atoms with Gasteiger partial charge in [-0.1, -0.05) is 32.1 Å². The van der Waals surface area contributed by atoms with Crippen molar-refractivity contribution in [2.45, 2.75) is 46.0 Å². The van der Waals surface area contributed by atoms with Gasteiger partial charge in [0, 0.05) is 19.5 Å². The zero-order valence-corrected chi connectivity index (χ0v) is 11.0. The minimum Gasteiger partial charge on any atom is -0.343 e. The van der Waals surface area contributed by atoms with Gasteiger partial charge in [-0.15, -0.1) is 0 Å². The molecule has 2 heteroatoms. The van der Waals surface area contributed by atoms with Crippen molar-refractivity contribution in [2.75, 3.05) is 13.1 Å². The van der Waals surface area contributed by atoms with Gasteiger partial charge in [0.25, 0.3) is 0 Å². The molecule has 0 aromatic carbocycles. The van der Waals surface area contributed by atoms with Gasteiger partial charge in [0.1, 0.15) is 0 Å². The quantitative estimate of drug-likeness (QED) is 0.729. The van der Waals surface area contributed by atoms with Crippen molar-refractivity contribution in [3.63, 3.8) is 0 Å². The summed E-state index contributed by atoms with van der Waals surface area (Å²) < 4.78 is 0. The highest BCUT2D eigenvalue weighted by atomic mass is 16.2. The molecule has 0 aromatic heterocycles. The normalized spacial score (nSPS) is 19.9. The lowest BCUT2D eigenvalue weighted by Gasteiger charge is -2.26. The Morgan fingerprint density at radius 2 is 2.06 bits per heavy atom. The standard InChI is InChI=1S/C15H23NO/c1-15(2,13-7-3-4-8-13)10-9-14(17)16-11-5-6-12-16/h3,7-8H,4-6,9-12H2,1-2H3. The van der Waals surface area contributed by atoms with Crippen LogP contribution in [0.3, 0.4) is 0 Å². The first-order valence-electron chi connectivity index (χ1n) is 6.74. The van der Waals surface area contributed by atoms with Crippen molar-refractivity contribution in [3.05, 3.63) is 23.8 Å². The summed E-state index contributed by atoms with van der Waals surface area (Å²) in [4.78, 5) is 14.0. The Kier molecular flexibility index (Phi) is 3.70. The van der Waals surface area contributed by atoms with Gasteiger partial charge in [0.2, 0.25) is 5.91 Å². The van der Waals surface area contributed by atoms with Crippen LogP contribution in [0, 0.1) is 5.41 Å². The van der Waals surface area contributed by atoms with E-state index >= 15 is 0 Å². The van der Waals surface area contributed by atoms with Crippen LogP contribution in [0.15, 0.2) is 23.8 Å². The summed E-state index contributed by atoms with van der Waals surface area (Å²) in [6.45, 7) is 6.43. The molecule has 2 rings (SSSR count). The second-order valence-corrected chi connectivity index (χ2v) is 5.77. The molecular formula is C15H23NO. The second-order valence-electron chi connectivity index (χ2n) is 5.77. The van der Waals surface area contributed by atoms with Crippen LogP contribution in [-0.2, 0) is 4.79 Å². The van der Waals surface area contributed by atoms with E-state index in [4.69, 9.17) is 0 Å². The van der Waals surface area contributed by atoms with Gasteiger partial charge in [0.15, 0.2) is 0 Å². The number of carbonyl (C=O) groups is 1. The fraction of sp³-hybridized carbons (Fsp3) is 0.667. The highest BCUT2D eigenvalue weighted by Gasteiger charge is 2.25. The molecule has 0 atom stereocenters. The molecule has 0 bridgehead atoms. The first kappa shape index (κ1) is 12.4. The summed E-state index contributed by atoms with van der Waals surface area (Å²) in [6, 6.07) is 0. The fourth-order valence-corrected chi connectivity index (χ4v) is 2.65. The molecule has 0 radical (unpaired) electrons. The number of carbonyl (C=O) groups excluding carboxylic acids is 1. The monoisotopic (exact) mass is 233 g/mol. The average molecular weight is 233 g/mol. The van der Waals surface area contributed by atoms with Crippen LogP contribution in [0.4, 0.5) is 0 Å². The maximum atomic E-state index is 12.0. The average Bonchev–Trinajstić information content (AvgIpc) is 2.97. The summed E-state index contributed by atoms with van der Waals surface area (Å²) in [5, 5.41) is 0. The van der Waals surface area contributed by atoms with Crippen LogP contribution in [-0.4, -0.2) is 23.9 Å². The Labute approximate surface area is 104 Å². The predicted octanol–water partition coefficient (Wildman–Crippen LogP) is 3.30. The summed E-state index contributed by atoms with van der Waals surface area (Å²) in [7, 11) is 0. The van der Waals surface area contributed by atoms with Crippen molar-refractivity contribution >= 4 is 5.91 Å². The number of nitrogens with zero attached hydrogens (tertiary/aromatic N) is 1. The van der Waals surface area contributed by atoms with Crippen LogP contribution >= 0.6 is 0 Å². The zero-order chi connectivity index (χ0) is 12.3. The minimum absolute atomic E-state index is 0.141. The molecule has 2 aliphatic rings. The molecule has 2 nitrogen and oxygen atoms in total. The maximum absolute atomic E-state index is 12.0. The summed E-state index contributed by atoms with van der Waals surface area (Å²) in [5.41, 5.74) is 1.54. The summed E-state index contributed by atoms with van der Waals surface area (Å²) in [5.74, 6) is 0.346. The molecule has 0 unspecified atom stereocenters. The lowest BCUT2D eigenvalue weighted by atomic mass is 9.80. The molecule has 0 saturated carbocycles. The van der Waals surface area contributed by atoms with Gasteiger partial charge in [-0.25, -0.2) is 0 Å². The van der Waals surface area contributed by atoms with Crippen molar-refractivity contribution in [1.82, 2.24) is 4.90 Å². The number of rotatable bonds is 4. The number of hydrogen-bond donors (Lipinski definition) is 0. The second kappa shape index (κ2) is 5.07. The van der Waals surface area contributed by atoms with Gasteiger partial charge in [-0.3, -0.25) is 4.79 Å². The predicted molar refractivity (Wildman–Crippen MR) is 70.7 cm³/mol. The maximum Gasteiger partial charge on any atom is 0.222 e. The third-order valence-corrected chi connectivity index (χ3v) is 3.98. The Morgan fingerprint density at radius 1 is 1.35 bits per heavy atom. The van der Waals surface area contributed by atoms with Crippen molar-refractivity contribution in [1.29, 1.82) is 0 Å². The van der Waals surface area contributed by atoms with Gasteiger partial charge < -0.3 is 4.90 Å². The molecule has 0 aromatic rings. The van der Waals surface area contributed by atoms with E-state index in [0.29, 0.717) is 12.3 Å². The van der Waals surface area contributed by atoms with Crippen LogP contribution in [0.2, 0.25) is 0 Å². The molecule has 1 heterocycles. The van der Waals surface area contributed by atoms with E-state index in [-0.39, 0.29) is 5.41 Å². The van der Waals surface area contributed by atoms with Crippen molar-refractivity contribution in [2.24, 2.45) is 5.41 Å². The molecule has 94 valence electrons. The largest absolute Gasteiger partial charge is 0.343 e. The first-order valence-corrected chi connectivity index (χ1v) is 6.74. The number of likely N-dealkylation sites (tertiary alicyclic amines) is 1. The third-order valence-electron chi connectivity index (χ3n) is 3.98. The Morgan fingerprint density at radius 3 is 2.65 bits per heavy atom. The summed E-state index contributed by atoms with van der Waals surface area (Å²) in [6.07, 6.45) is 11.8. The Bertz CT molecular complexity index is 346. The number of amides is 1. The van der Waals surface area contributed by atoms with Crippen molar-refractivity contribution in [3.8, 4) is 0 Å². The SMILES string of the molecule is CC(C)(CCC(=O)N1CCCC1)C1=CCC=C1. The number of allylic oxidation sites excluding steroid dienone is 4. The molecule has 17 heavy (non-hydrogen) atoms. The molecule has 1 saturated heterocycles. The number of hydrogen-bond acceptors (Lipinski definition) is 1. The molecule has 1 fully saturated rings.